The van der Waals surface area contributed by atoms with Gasteiger partial charge in [-0.3, -0.25) is 4.79 Å². The van der Waals surface area contributed by atoms with E-state index in [0.717, 1.165) is 0 Å². The number of rotatable bonds is 1. The number of carbonyl (C=O) groups is 2. The number of ketones is 1. The number of cyclic esters (lactones) is 1. The smallest absolute Gasteiger partial charge is 0.348 e. The predicted octanol–water partition coefficient (Wildman–Crippen LogP) is 1.49. The molecule has 0 radical (unpaired) electrons. The minimum Gasteiger partial charge on any atom is -0.427 e. The average Bonchev–Trinajstić information content (AvgIpc) is 2.14. The van der Waals surface area contributed by atoms with Crippen LogP contribution in [0.15, 0.2) is 23.6 Å². The third kappa shape index (κ3) is 3.97. The molecule has 1 heterocycles. The number of allylic oxidation sites excluding steroid dienone is 2. The number of hydrogen-bond donors (Lipinski definition) is 0. The maximum absolute atomic E-state index is 11.3. The molecule has 0 fully saturated rings. The second-order valence-electron chi connectivity index (χ2n) is 3.02. The monoisotopic (exact) mass is 211 g/mol. The lowest BCUT2D eigenvalue weighted by atomic mass is 10.1. The molecule has 4 heteroatoms. The van der Waals surface area contributed by atoms with Crippen LogP contribution in [0.25, 0.3) is 0 Å². The molecule has 0 saturated carbocycles. The van der Waals surface area contributed by atoms with Crippen molar-refractivity contribution >= 4 is 11.8 Å². The zero-order chi connectivity index (χ0) is 12.0. The van der Waals surface area contributed by atoms with Gasteiger partial charge in [0, 0.05) is 26.4 Å². The zero-order valence-corrected chi connectivity index (χ0v) is 9.83. The van der Waals surface area contributed by atoms with E-state index < -0.39 is 5.97 Å². The van der Waals surface area contributed by atoms with Crippen LogP contribution in [0.3, 0.4) is 0 Å². The average molecular weight is 211 g/mol. The first-order chi connectivity index (χ1) is 7.00. The Balaban J connectivity index is 0.000000921. The Hall–Kier alpha value is -1.58. The first-order valence-electron chi connectivity index (χ1n) is 4.84. The Morgan fingerprint density at radius 3 is 2.20 bits per heavy atom. The molecule has 0 atom stereocenters. The molecule has 0 aliphatic carbocycles. The maximum Gasteiger partial charge on any atom is 0.348 e. The summed E-state index contributed by atoms with van der Waals surface area (Å²) in [5, 5.41) is 0. The number of esters is 1. The van der Waals surface area contributed by atoms with Crippen LogP contribution < -0.4 is 0 Å². The predicted molar refractivity (Wildman–Crippen MR) is 58.0 cm³/mol. The van der Waals surface area contributed by atoms with Crippen LogP contribution in [-0.4, -0.2) is 30.7 Å². The molecule has 1 aliphatic heterocycles. The maximum atomic E-state index is 11.3. The van der Waals surface area contributed by atoms with Crippen LogP contribution in [0.4, 0.5) is 0 Å². The molecule has 84 valence electrons. The van der Waals surface area contributed by atoms with E-state index >= 15 is 0 Å². The minimum absolute atomic E-state index is 0.0654. The van der Waals surface area contributed by atoms with Crippen molar-refractivity contribution < 1.29 is 14.3 Å². The highest BCUT2D eigenvalue weighted by atomic mass is 16.5. The number of nitrogens with zero attached hydrogens (tertiary/aromatic N) is 1. The summed E-state index contributed by atoms with van der Waals surface area (Å²) in [4.78, 5) is 24.1. The number of hydrogen-bond acceptors (Lipinski definition) is 4. The summed E-state index contributed by atoms with van der Waals surface area (Å²) in [7, 11) is 3.47. The Labute approximate surface area is 90.2 Å². The summed E-state index contributed by atoms with van der Waals surface area (Å²) in [6, 6.07) is 0. The summed E-state index contributed by atoms with van der Waals surface area (Å²) < 4.78 is 4.78. The standard InChI is InChI=1S/C9H11NO3.C2H6/c1-6-4-8(11)7(5-10(2)3)9(12)13-6;1-2/h4-5H,1-3H3;1-2H3/b7-5-;. The topological polar surface area (TPSA) is 46.6 Å². The molecule has 4 nitrogen and oxygen atoms in total. The third-order valence-corrected chi connectivity index (χ3v) is 1.46. The molecular weight excluding hydrogens is 194 g/mol. The van der Waals surface area contributed by atoms with Crippen LogP contribution in [0.1, 0.15) is 20.8 Å². The molecule has 0 unspecified atom stereocenters. The molecule has 0 saturated heterocycles. The van der Waals surface area contributed by atoms with Crippen LogP contribution in [0, 0.1) is 0 Å². The molecule has 0 aromatic carbocycles. The Morgan fingerprint density at radius 2 is 1.80 bits per heavy atom. The highest BCUT2D eigenvalue weighted by Gasteiger charge is 2.24. The molecule has 0 N–H and O–H groups in total. The van der Waals surface area contributed by atoms with Crippen LogP contribution in [-0.2, 0) is 14.3 Å². The van der Waals surface area contributed by atoms with Crippen LogP contribution in [0.5, 0.6) is 0 Å². The van der Waals surface area contributed by atoms with E-state index in [4.69, 9.17) is 4.74 Å². The van der Waals surface area contributed by atoms with Crippen molar-refractivity contribution in [1.82, 2.24) is 4.90 Å². The second kappa shape index (κ2) is 6.01. The second-order valence-corrected chi connectivity index (χ2v) is 3.02. The largest absolute Gasteiger partial charge is 0.427 e. The summed E-state index contributed by atoms with van der Waals surface area (Å²) in [6.07, 6.45) is 2.75. The quantitative estimate of drug-likeness (QED) is 0.374. The Bertz CT molecular complexity index is 314. The van der Waals surface area contributed by atoms with E-state index in [1.54, 1.807) is 25.9 Å². The first-order valence-corrected chi connectivity index (χ1v) is 4.84. The van der Waals surface area contributed by atoms with Gasteiger partial charge in [-0.15, -0.1) is 0 Å². The SMILES string of the molecule is CC.CC1=CC(=O)/C(=C/N(C)C)C(=O)O1. The van der Waals surface area contributed by atoms with Gasteiger partial charge < -0.3 is 9.64 Å². The van der Waals surface area contributed by atoms with Crippen molar-refractivity contribution in [3.63, 3.8) is 0 Å². The summed E-state index contributed by atoms with van der Waals surface area (Å²) in [5.74, 6) is -0.549. The minimum atomic E-state index is -0.585. The molecule has 0 bridgehead atoms. The molecule has 1 aliphatic rings. The van der Waals surface area contributed by atoms with E-state index in [9.17, 15) is 9.59 Å². The van der Waals surface area contributed by atoms with Crippen molar-refractivity contribution in [3.8, 4) is 0 Å². The van der Waals surface area contributed by atoms with Gasteiger partial charge in [-0.25, -0.2) is 4.79 Å². The molecule has 0 aromatic heterocycles. The van der Waals surface area contributed by atoms with Gasteiger partial charge in [-0.1, -0.05) is 13.8 Å². The first kappa shape index (κ1) is 13.4. The lowest BCUT2D eigenvalue weighted by Gasteiger charge is -2.13. The Morgan fingerprint density at radius 1 is 1.27 bits per heavy atom. The van der Waals surface area contributed by atoms with Crippen molar-refractivity contribution in [1.29, 1.82) is 0 Å². The summed E-state index contributed by atoms with van der Waals surface area (Å²) >= 11 is 0. The zero-order valence-electron chi connectivity index (χ0n) is 9.83. The molecular formula is C11H17NO3. The number of carbonyl (C=O) groups excluding carboxylic acids is 2. The van der Waals surface area contributed by atoms with Crippen molar-refractivity contribution in [2.24, 2.45) is 0 Å². The van der Waals surface area contributed by atoms with Gasteiger partial charge in [0.1, 0.15) is 11.3 Å². The van der Waals surface area contributed by atoms with Gasteiger partial charge in [-0.2, -0.15) is 0 Å². The van der Waals surface area contributed by atoms with Crippen molar-refractivity contribution in [2.75, 3.05) is 14.1 Å². The van der Waals surface area contributed by atoms with Gasteiger partial charge in [0.2, 0.25) is 0 Å². The van der Waals surface area contributed by atoms with Gasteiger partial charge in [0.25, 0.3) is 0 Å². The van der Waals surface area contributed by atoms with Gasteiger partial charge in [0.15, 0.2) is 5.78 Å². The van der Waals surface area contributed by atoms with E-state index in [0.29, 0.717) is 5.76 Å². The van der Waals surface area contributed by atoms with Gasteiger partial charge in [0.05, 0.1) is 0 Å². The van der Waals surface area contributed by atoms with Gasteiger partial charge >= 0.3 is 5.97 Å². The summed E-state index contributed by atoms with van der Waals surface area (Å²) in [6.45, 7) is 5.57. The van der Waals surface area contributed by atoms with Crippen LogP contribution >= 0.6 is 0 Å². The Kier molecular flexibility index (Phi) is 5.37. The highest BCUT2D eigenvalue weighted by Crippen LogP contribution is 2.13. The fourth-order valence-corrected chi connectivity index (χ4v) is 0.968. The van der Waals surface area contributed by atoms with E-state index in [-0.39, 0.29) is 11.4 Å². The lowest BCUT2D eigenvalue weighted by molar-refractivity contribution is -0.137. The molecule has 15 heavy (non-hydrogen) atoms. The molecule has 0 spiro atoms. The van der Waals surface area contributed by atoms with Crippen molar-refractivity contribution in [2.45, 2.75) is 20.8 Å². The van der Waals surface area contributed by atoms with E-state index in [1.165, 1.54) is 12.3 Å². The normalized spacial score (nSPS) is 17.7. The van der Waals surface area contributed by atoms with E-state index in [2.05, 4.69) is 0 Å². The highest BCUT2D eigenvalue weighted by molar-refractivity contribution is 6.23. The number of ether oxygens (including phenoxy) is 1. The molecule has 0 aromatic rings. The van der Waals surface area contributed by atoms with E-state index in [1.807, 2.05) is 13.8 Å². The molecule has 0 amide bonds. The lowest BCUT2D eigenvalue weighted by Crippen LogP contribution is -2.21. The fraction of sp³-hybridized carbons (Fsp3) is 0.455. The van der Waals surface area contributed by atoms with Crippen molar-refractivity contribution in [3.05, 3.63) is 23.6 Å². The fourth-order valence-electron chi connectivity index (χ4n) is 0.968. The van der Waals surface area contributed by atoms with Crippen LogP contribution in [0.2, 0.25) is 0 Å². The van der Waals surface area contributed by atoms with Gasteiger partial charge in [-0.05, 0) is 6.92 Å². The third-order valence-electron chi connectivity index (χ3n) is 1.46. The summed E-state index contributed by atoms with van der Waals surface area (Å²) in [5.41, 5.74) is 0.0654. The molecule has 1 rings (SSSR count).